The van der Waals surface area contributed by atoms with Gasteiger partial charge in [0.05, 0.1) is 15.2 Å². The Morgan fingerprint density at radius 3 is 1.17 bits per heavy atom. The lowest BCUT2D eigenvalue weighted by molar-refractivity contribution is -0.111. The van der Waals surface area contributed by atoms with Crippen molar-refractivity contribution in [3.05, 3.63) is 132 Å². The fourth-order valence-electron chi connectivity index (χ4n) is 4.23. The highest BCUT2D eigenvalue weighted by atomic mass is 32.3. The Labute approximate surface area is 205 Å². The summed E-state index contributed by atoms with van der Waals surface area (Å²) in [6.45, 7) is 0. The van der Waals surface area contributed by atoms with E-state index in [0.717, 1.165) is 0 Å². The van der Waals surface area contributed by atoms with Crippen LogP contribution in [0, 0.1) is 0 Å². The van der Waals surface area contributed by atoms with Gasteiger partial charge in [-0.15, -0.1) is 0 Å². The zero-order chi connectivity index (χ0) is 24.9. The molecule has 0 N–H and O–H groups in total. The first-order chi connectivity index (χ1) is 16.8. The molecule has 0 radical (unpaired) electrons. The zero-order valence-electron chi connectivity index (χ0n) is 18.8. The molecular formula is C28H24O5S2. The standard InChI is InChI=1S/C28H24O5S2/c29-22-28(23-13-5-1-6-14-23,24-15-7-2-8-16-24)21-27(34(30,31)25-17-9-3-10-18-25)35(32,33)26-19-11-4-12-20-26/h1-20,22,27H,21H2. The smallest absolute Gasteiger partial charge is 0.196 e. The minimum absolute atomic E-state index is 0.120. The summed E-state index contributed by atoms with van der Waals surface area (Å²) in [5.41, 5.74) is -0.493. The molecule has 0 aliphatic heterocycles. The topological polar surface area (TPSA) is 85.3 Å². The van der Waals surface area contributed by atoms with Gasteiger partial charge in [0, 0.05) is 0 Å². The zero-order valence-corrected chi connectivity index (χ0v) is 20.4. The van der Waals surface area contributed by atoms with E-state index in [1.165, 1.54) is 24.3 Å². The second-order valence-electron chi connectivity index (χ2n) is 8.17. The SMILES string of the molecule is O=CC(CC(S(=O)(=O)c1ccccc1)S(=O)(=O)c1ccccc1)(c1ccccc1)c1ccccc1. The predicted molar refractivity (Wildman–Crippen MR) is 135 cm³/mol. The van der Waals surface area contributed by atoms with Gasteiger partial charge in [-0.2, -0.15) is 0 Å². The van der Waals surface area contributed by atoms with E-state index in [9.17, 15) is 21.6 Å². The van der Waals surface area contributed by atoms with E-state index in [2.05, 4.69) is 0 Å². The molecule has 0 saturated carbocycles. The second kappa shape index (κ2) is 9.98. The molecule has 0 amide bonds. The van der Waals surface area contributed by atoms with Crippen LogP contribution in [0.1, 0.15) is 17.5 Å². The fourth-order valence-corrected chi connectivity index (χ4v) is 8.88. The van der Waals surface area contributed by atoms with Crippen molar-refractivity contribution < 1.29 is 21.6 Å². The first kappa shape index (κ1) is 24.6. The highest BCUT2D eigenvalue weighted by Crippen LogP contribution is 2.40. The van der Waals surface area contributed by atoms with Crippen LogP contribution in [0.2, 0.25) is 0 Å². The summed E-state index contributed by atoms with van der Waals surface area (Å²) in [5.74, 6) is 0. The van der Waals surface area contributed by atoms with Gasteiger partial charge >= 0.3 is 0 Å². The number of sulfone groups is 2. The first-order valence-corrected chi connectivity index (χ1v) is 14.1. The summed E-state index contributed by atoms with van der Waals surface area (Å²) in [4.78, 5) is 12.7. The normalized spacial score (nSPS) is 12.4. The largest absolute Gasteiger partial charge is 0.302 e. The predicted octanol–water partition coefficient (Wildman–Crippen LogP) is 4.84. The molecule has 0 aromatic heterocycles. The summed E-state index contributed by atoms with van der Waals surface area (Å²) < 4.78 is 53.7. The summed E-state index contributed by atoms with van der Waals surface area (Å²) >= 11 is 0. The Kier molecular flexibility index (Phi) is 7.00. The maximum absolute atomic E-state index is 13.9. The van der Waals surface area contributed by atoms with Crippen LogP contribution in [0.5, 0.6) is 0 Å². The van der Waals surface area contributed by atoms with Crippen LogP contribution in [-0.4, -0.2) is 27.7 Å². The molecule has 0 unspecified atom stereocenters. The summed E-state index contributed by atoms with van der Waals surface area (Å²) in [6.07, 6.45) is 0.171. The molecule has 4 aromatic rings. The molecule has 35 heavy (non-hydrogen) atoms. The number of rotatable bonds is 9. The molecule has 0 fully saturated rings. The van der Waals surface area contributed by atoms with E-state index in [0.29, 0.717) is 17.4 Å². The van der Waals surface area contributed by atoms with Gasteiger partial charge in [0.2, 0.25) is 0 Å². The average Bonchev–Trinajstić information content (AvgIpc) is 2.91. The van der Waals surface area contributed by atoms with Crippen molar-refractivity contribution in [2.75, 3.05) is 0 Å². The Bertz CT molecular complexity index is 1380. The minimum atomic E-state index is -4.41. The average molecular weight is 505 g/mol. The van der Waals surface area contributed by atoms with Crippen molar-refractivity contribution >= 4 is 26.0 Å². The third kappa shape index (κ3) is 4.70. The van der Waals surface area contributed by atoms with E-state index in [1.807, 2.05) is 0 Å². The first-order valence-electron chi connectivity index (χ1n) is 11.0. The Morgan fingerprint density at radius 1 is 0.543 bits per heavy atom. The third-order valence-electron chi connectivity index (χ3n) is 6.10. The van der Waals surface area contributed by atoms with Gasteiger partial charge in [-0.25, -0.2) is 16.8 Å². The van der Waals surface area contributed by atoms with E-state index in [-0.39, 0.29) is 9.79 Å². The number of carbonyl (C=O) groups is 1. The van der Waals surface area contributed by atoms with Crippen LogP contribution in [0.15, 0.2) is 131 Å². The van der Waals surface area contributed by atoms with Gasteiger partial charge in [-0.1, -0.05) is 97.1 Å². The van der Waals surface area contributed by atoms with Crippen molar-refractivity contribution in [3.8, 4) is 0 Å². The van der Waals surface area contributed by atoms with Crippen molar-refractivity contribution in [1.82, 2.24) is 0 Å². The molecule has 0 atom stereocenters. The molecule has 0 heterocycles. The Hall–Kier alpha value is -3.55. The molecule has 178 valence electrons. The molecular weight excluding hydrogens is 480 g/mol. The van der Waals surface area contributed by atoms with E-state index < -0.39 is 36.1 Å². The van der Waals surface area contributed by atoms with Crippen LogP contribution in [-0.2, 0) is 29.9 Å². The van der Waals surface area contributed by atoms with Crippen LogP contribution in [0.25, 0.3) is 0 Å². The molecule has 4 rings (SSSR count). The molecule has 0 spiro atoms. The van der Waals surface area contributed by atoms with Crippen LogP contribution < -0.4 is 0 Å². The van der Waals surface area contributed by atoms with E-state index in [4.69, 9.17) is 0 Å². The highest BCUT2D eigenvalue weighted by molar-refractivity contribution is 8.09. The Balaban J connectivity index is 1.99. The van der Waals surface area contributed by atoms with Crippen LogP contribution in [0.4, 0.5) is 0 Å². The lowest BCUT2D eigenvalue weighted by Crippen LogP contribution is -2.41. The lowest BCUT2D eigenvalue weighted by atomic mass is 9.73. The number of hydrogen-bond acceptors (Lipinski definition) is 5. The molecule has 5 nitrogen and oxygen atoms in total. The van der Waals surface area contributed by atoms with Crippen molar-refractivity contribution in [2.45, 2.75) is 26.2 Å². The maximum Gasteiger partial charge on any atom is 0.196 e. The molecule has 0 aliphatic rings. The van der Waals surface area contributed by atoms with Gasteiger partial charge < -0.3 is 4.79 Å². The second-order valence-corrected chi connectivity index (χ2v) is 12.7. The van der Waals surface area contributed by atoms with E-state index in [1.54, 1.807) is 97.1 Å². The lowest BCUT2D eigenvalue weighted by Gasteiger charge is -2.33. The van der Waals surface area contributed by atoms with Crippen LogP contribution in [0.3, 0.4) is 0 Å². The molecule has 0 saturated heterocycles. The van der Waals surface area contributed by atoms with Gasteiger partial charge in [0.1, 0.15) is 6.29 Å². The molecule has 0 bridgehead atoms. The van der Waals surface area contributed by atoms with Gasteiger partial charge in [0.25, 0.3) is 0 Å². The Morgan fingerprint density at radius 2 is 0.857 bits per heavy atom. The number of carbonyl (C=O) groups excluding carboxylic acids is 1. The number of aldehydes is 1. The maximum atomic E-state index is 13.9. The van der Waals surface area contributed by atoms with Crippen molar-refractivity contribution in [2.24, 2.45) is 0 Å². The van der Waals surface area contributed by atoms with E-state index >= 15 is 0 Å². The summed E-state index contributed by atoms with van der Waals surface area (Å²) in [6, 6.07) is 32.3. The van der Waals surface area contributed by atoms with Crippen LogP contribution >= 0.6 is 0 Å². The third-order valence-corrected chi connectivity index (χ3v) is 11.2. The highest BCUT2D eigenvalue weighted by Gasteiger charge is 2.47. The summed E-state index contributed by atoms with van der Waals surface area (Å²) in [7, 11) is -8.83. The van der Waals surface area contributed by atoms with Gasteiger partial charge in [-0.05, 0) is 41.8 Å². The monoisotopic (exact) mass is 504 g/mol. The van der Waals surface area contributed by atoms with Crippen molar-refractivity contribution in [3.63, 3.8) is 0 Å². The molecule has 0 aliphatic carbocycles. The number of benzene rings is 4. The van der Waals surface area contributed by atoms with Gasteiger partial charge in [-0.3, -0.25) is 0 Å². The molecule has 7 heteroatoms. The van der Waals surface area contributed by atoms with Crippen molar-refractivity contribution in [1.29, 1.82) is 0 Å². The summed E-state index contributed by atoms with van der Waals surface area (Å²) in [5, 5.41) is 0. The molecule has 4 aromatic carbocycles. The quantitative estimate of drug-likeness (QED) is 0.305. The fraction of sp³-hybridized carbons (Fsp3) is 0.107. The van der Waals surface area contributed by atoms with Gasteiger partial charge in [0.15, 0.2) is 24.3 Å². The minimum Gasteiger partial charge on any atom is -0.302 e. The number of hydrogen-bond donors (Lipinski definition) is 0.